The number of aromatic nitrogens is 7. The molecule has 14 nitrogen and oxygen atoms in total. The van der Waals surface area contributed by atoms with E-state index in [-0.39, 0.29) is 34.3 Å². The predicted octanol–water partition coefficient (Wildman–Crippen LogP) is 3.12. The lowest BCUT2D eigenvalue weighted by atomic mass is 10.1. The van der Waals surface area contributed by atoms with E-state index in [0.717, 1.165) is 17.5 Å². The van der Waals surface area contributed by atoms with Gasteiger partial charge in [0.25, 0.3) is 11.5 Å². The minimum Gasteiger partial charge on any atom is -0.382 e. The Morgan fingerprint density at radius 2 is 1.73 bits per heavy atom. The number of nitrogens with two attached hydrogens (primary N) is 1. The van der Waals surface area contributed by atoms with E-state index in [4.69, 9.17) is 10.7 Å². The molecule has 0 aliphatic carbocycles. The first kappa shape index (κ1) is 32.5. The maximum Gasteiger partial charge on any atom is 0.274 e. The third kappa shape index (κ3) is 6.85. The van der Waals surface area contributed by atoms with E-state index in [1.807, 2.05) is 20.0 Å². The molecule has 0 bridgehead atoms. The lowest BCUT2D eigenvalue weighted by molar-refractivity contribution is 0.0933. The van der Waals surface area contributed by atoms with Crippen molar-refractivity contribution >= 4 is 38.3 Å². The second kappa shape index (κ2) is 13.0. The molecule has 6 rings (SSSR count). The van der Waals surface area contributed by atoms with Gasteiger partial charge in [-0.2, -0.15) is 5.10 Å². The van der Waals surface area contributed by atoms with Crippen LogP contribution in [0.2, 0.25) is 0 Å². The highest BCUT2D eigenvalue weighted by Crippen LogP contribution is 2.23. The number of rotatable bonds is 7. The van der Waals surface area contributed by atoms with Gasteiger partial charge in [-0.1, -0.05) is 36.1 Å². The van der Waals surface area contributed by atoms with Crippen LogP contribution in [0.25, 0.3) is 27.8 Å². The highest BCUT2D eigenvalue weighted by Gasteiger charge is 2.23. The zero-order valence-corrected chi connectivity index (χ0v) is 27.6. The number of anilines is 2. The number of amides is 1. The lowest BCUT2D eigenvalue weighted by Gasteiger charge is -2.20. The van der Waals surface area contributed by atoms with Gasteiger partial charge in [0.15, 0.2) is 11.5 Å². The normalized spacial score (nSPS) is 11.8. The molecule has 0 radical (unpaired) electrons. The number of sulfonamides is 1. The van der Waals surface area contributed by atoms with Gasteiger partial charge >= 0.3 is 0 Å². The van der Waals surface area contributed by atoms with E-state index >= 15 is 0 Å². The molecule has 1 atom stereocenters. The number of aryl methyl sites for hydroxylation is 1. The van der Waals surface area contributed by atoms with Crippen LogP contribution in [-0.2, 0) is 17.1 Å². The van der Waals surface area contributed by atoms with Gasteiger partial charge in [-0.3, -0.25) is 28.5 Å². The van der Waals surface area contributed by atoms with Crippen molar-refractivity contribution in [3.8, 4) is 28.8 Å². The molecular weight excluding hydrogens is 645 g/mol. The molecule has 0 fully saturated rings. The van der Waals surface area contributed by atoms with E-state index in [9.17, 15) is 18.0 Å². The van der Waals surface area contributed by atoms with Gasteiger partial charge in [0.1, 0.15) is 5.82 Å². The highest BCUT2D eigenvalue weighted by atomic mass is 32.2. The van der Waals surface area contributed by atoms with E-state index in [2.05, 4.69) is 41.9 Å². The minimum atomic E-state index is -3.55. The fourth-order valence-electron chi connectivity index (χ4n) is 5.11. The average Bonchev–Trinajstić information content (AvgIpc) is 3.39. The molecule has 49 heavy (non-hydrogen) atoms. The molecular formula is C34H30N10O4S. The second-order valence-corrected chi connectivity index (χ2v) is 12.9. The van der Waals surface area contributed by atoms with Crippen molar-refractivity contribution in [1.29, 1.82) is 0 Å². The van der Waals surface area contributed by atoms with Crippen molar-refractivity contribution in [3.05, 3.63) is 118 Å². The molecule has 246 valence electrons. The van der Waals surface area contributed by atoms with Crippen molar-refractivity contribution in [3.63, 3.8) is 0 Å². The number of benzene rings is 2. The molecule has 2 aromatic carbocycles. The summed E-state index contributed by atoms with van der Waals surface area (Å²) in [5.41, 5.74) is 9.46. The molecule has 4 N–H and O–H groups in total. The molecule has 4 heterocycles. The number of para-hydroxylation sites is 1. The molecule has 15 heteroatoms. The first-order valence-electron chi connectivity index (χ1n) is 14.9. The van der Waals surface area contributed by atoms with Crippen molar-refractivity contribution < 1.29 is 13.2 Å². The summed E-state index contributed by atoms with van der Waals surface area (Å²) in [5.74, 6) is 5.70. The van der Waals surface area contributed by atoms with Crippen molar-refractivity contribution in [2.75, 3.05) is 16.7 Å². The van der Waals surface area contributed by atoms with Crippen LogP contribution in [-0.4, -0.2) is 54.9 Å². The molecule has 6 aromatic rings. The Morgan fingerprint density at radius 3 is 2.45 bits per heavy atom. The van der Waals surface area contributed by atoms with Crippen molar-refractivity contribution in [2.24, 2.45) is 7.05 Å². The maximum absolute atomic E-state index is 14.3. The standard InChI is InChI=1S/C34H30N10O4S/c1-20(39-33(45)30-31(35)37-19-28(40-30)24-15-25(18-36-16-24)42-49(4,47)48)32-41-27-12-8-9-22(13-14-23-17-38-43(3)21(23)2)29(27)34(46)44(32)26-10-6-5-7-11-26/h5-12,15-20,42H,1-4H3,(H2,35,37)(H,39,45). The molecule has 0 aliphatic rings. The monoisotopic (exact) mass is 674 g/mol. The SMILES string of the molecule is Cc1c(C#Cc2cccc3nc(C(C)NC(=O)c4nc(-c5cncc(NS(C)(=O)=O)c5)cnc4N)n(-c4ccccc4)c(=O)c23)cnn1C. The van der Waals surface area contributed by atoms with Crippen LogP contribution in [0.15, 0.2) is 84.2 Å². The summed E-state index contributed by atoms with van der Waals surface area (Å²) in [6, 6.07) is 14.9. The van der Waals surface area contributed by atoms with Crippen LogP contribution < -0.4 is 21.3 Å². The molecule has 1 amide bonds. The number of carbonyl (C=O) groups excluding carboxylic acids is 1. The second-order valence-electron chi connectivity index (χ2n) is 11.2. The van der Waals surface area contributed by atoms with Crippen LogP contribution in [0.3, 0.4) is 0 Å². The van der Waals surface area contributed by atoms with Crippen LogP contribution in [0, 0.1) is 18.8 Å². The Labute approximate surface area is 281 Å². The number of hydrogen-bond acceptors (Lipinski definition) is 10. The summed E-state index contributed by atoms with van der Waals surface area (Å²) in [6.45, 7) is 3.60. The summed E-state index contributed by atoms with van der Waals surface area (Å²) < 4.78 is 28.9. The minimum absolute atomic E-state index is 0.134. The Morgan fingerprint density at radius 1 is 0.980 bits per heavy atom. The van der Waals surface area contributed by atoms with Gasteiger partial charge < -0.3 is 11.1 Å². The van der Waals surface area contributed by atoms with Gasteiger partial charge in [0.2, 0.25) is 10.0 Å². The van der Waals surface area contributed by atoms with Crippen LogP contribution in [0.4, 0.5) is 11.5 Å². The maximum atomic E-state index is 14.3. The van der Waals surface area contributed by atoms with Gasteiger partial charge in [-0.05, 0) is 44.2 Å². The topological polar surface area (TPSA) is 193 Å². The number of hydrogen-bond donors (Lipinski definition) is 3. The highest BCUT2D eigenvalue weighted by molar-refractivity contribution is 7.92. The fourth-order valence-corrected chi connectivity index (χ4v) is 5.65. The predicted molar refractivity (Wildman–Crippen MR) is 185 cm³/mol. The van der Waals surface area contributed by atoms with Crippen LogP contribution >= 0.6 is 0 Å². The number of pyridine rings is 1. The first-order valence-corrected chi connectivity index (χ1v) is 16.8. The third-order valence-electron chi connectivity index (χ3n) is 7.59. The zero-order valence-electron chi connectivity index (χ0n) is 26.8. The molecule has 0 aliphatic heterocycles. The van der Waals surface area contributed by atoms with Crippen molar-refractivity contribution in [2.45, 2.75) is 19.9 Å². The first-order chi connectivity index (χ1) is 23.4. The Balaban J connectivity index is 1.39. The van der Waals surface area contributed by atoms with Crippen molar-refractivity contribution in [1.82, 2.24) is 39.6 Å². The Kier molecular flexibility index (Phi) is 8.64. The number of nitrogens with zero attached hydrogens (tertiary/aromatic N) is 7. The molecule has 0 saturated carbocycles. The number of carbonyl (C=O) groups is 1. The van der Waals surface area contributed by atoms with Crippen LogP contribution in [0.5, 0.6) is 0 Å². The smallest absolute Gasteiger partial charge is 0.274 e. The summed E-state index contributed by atoms with van der Waals surface area (Å²) >= 11 is 0. The van der Waals surface area contributed by atoms with E-state index in [1.54, 1.807) is 60.3 Å². The molecule has 0 saturated heterocycles. The van der Waals surface area contributed by atoms with Gasteiger partial charge in [0, 0.05) is 24.4 Å². The summed E-state index contributed by atoms with van der Waals surface area (Å²) in [6.07, 6.45) is 6.83. The fraction of sp³-hybridized carbons (Fsp3) is 0.147. The molecule has 4 aromatic heterocycles. The van der Waals surface area contributed by atoms with E-state index < -0.39 is 22.0 Å². The van der Waals surface area contributed by atoms with Gasteiger partial charge in [0.05, 0.1) is 70.1 Å². The summed E-state index contributed by atoms with van der Waals surface area (Å²) in [4.78, 5) is 45.4. The third-order valence-corrected chi connectivity index (χ3v) is 8.20. The summed E-state index contributed by atoms with van der Waals surface area (Å²) in [7, 11) is -1.72. The van der Waals surface area contributed by atoms with Crippen LogP contribution in [0.1, 0.15) is 46.1 Å². The number of nitrogen functional groups attached to an aromatic ring is 1. The molecule has 0 spiro atoms. The quantitative estimate of drug-likeness (QED) is 0.212. The average molecular weight is 675 g/mol. The lowest BCUT2D eigenvalue weighted by Crippen LogP contribution is -2.34. The Hall–Kier alpha value is -6.40. The molecule has 1 unspecified atom stereocenters. The van der Waals surface area contributed by atoms with E-state index in [1.165, 1.54) is 29.2 Å². The Bertz CT molecular complexity index is 2480. The number of fused-ring (bicyclic) bond motifs is 1. The zero-order chi connectivity index (χ0) is 34.9. The largest absolute Gasteiger partial charge is 0.382 e. The number of nitrogens with one attached hydrogen (secondary N) is 2. The van der Waals surface area contributed by atoms with Gasteiger partial charge in [-0.25, -0.2) is 23.4 Å². The van der Waals surface area contributed by atoms with E-state index in [0.29, 0.717) is 27.7 Å². The van der Waals surface area contributed by atoms with Gasteiger partial charge in [-0.15, -0.1) is 0 Å². The summed E-state index contributed by atoms with van der Waals surface area (Å²) in [5, 5.41) is 7.42.